The highest BCUT2D eigenvalue weighted by Crippen LogP contribution is 2.28. The van der Waals surface area contributed by atoms with Crippen molar-refractivity contribution in [3.63, 3.8) is 0 Å². The Bertz CT molecular complexity index is 1250. The molecule has 0 N–H and O–H groups in total. The van der Waals surface area contributed by atoms with Crippen LogP contribution in [-0.4, -0.2) is 62.0 Å². The van der Waals surface area contributed by atoms with Gasteiger partial charge in [-0.2, -0.15) is 9.61 Å². The Kier molecular flexibility index (Phi) is 5.51. The van der Waals surface area contributed by atoms with Gasteiger partial charge in [0.1, 0.15) is 12.1 Å². The Morgan fingerprint density at radius 1 is 1.13 bits per heavy atom. The van der Waals surface area contributed by atoms with Gasteiger partial charge in [0.25, 0.3) is 5.56 Å². The molecule has 0 spiro atoms. The van der Waals surface area contributed by atoms with Crippen LogP contribution in [0.3, 0.4) is 0 Å². The highest BCUT2D eigenvalue weighted by molar-refractivity contribution is 5.83. The molecule has 0 aliphatic heterocycles. The number of benzene rings is 1. The van der Waals surface area contributed by atoms with Gasteiger partial charge in [0.15, 0.2) is 16.8 Å². The van der Waals surface area contributed by atoms with Crippen molar-refractivity contribution in [2.45, 2.75) is 19.6 Å². The van der Waals surface area contributed by atoms with Crippen molar-refractivity contribution in [3.8, 4) is 11.1 Å². The number of rotatable bonds is 7. The van der Waals surface area contributed by atoms with Crippen LogP contribution in [-0.2, 0) is 17.9 Å². The lowest BCUT2D eigenvalue weighted by Gasteiger charge is -2.10. The predicted molar refractivity (Wildman–Crippen MR) is 110 cm³/mol. The van der Waals surface area contributed by atoms with Gasteiger partial charge in [-0.15, -0.1) is 10.2 Å². The second-order valence-corrected chi connectivity index (χ2v) is 7.27. The molecule has 0 saturated heterocycles. The molecule has 0 saturated carbocycles. The van der Waals surface area contributed by atoms with E-state index in [-0.39, 0.29) is 23.5 Å². The van der Waals surface area contributed by atoms with E-state index in [1.807, 2.05) is 14.1 Å². The van der Waals surface area contributed by atoms with Gasteiger partial charge in [0, 0.05) is 13.7 Å². The van der Waals surface area contributed by atoms with E-state index in [9.17, 15) is 9.18 Å². The zero-order valence-corrected chi connectivity index (χ0v) is 17.0. The van der Waals surface area contributed by atoms with E-state index in [2.05, 4.69) is 25.2 Å². The Balaban J connectivity index is 1.86. The predicted octanol–water partition coefficient (Wildman–Crippen LogP) is 1.74. The van der Waals surface area contributed by atoms with Crippen LogP contribution in [0.1, 0.15) is 12.1 Å². The maximum atomic E-state index is 13.4. The molecule has 156 valence electrons. The third-order valence-corrected chi connectivity index (χ3v) is 4.79. The van der Waals surface area contributed by atoms with Crippen LogP contribution >= 0.6 is 0 Å². The zero-order valence-electron chi connectivity index (χ0n) is 17.0. The lowest BCUT2D eigenvalue weighted by molar-refractivity contribution is 0.181. The van der Waals surface area contributed by atoms with E-state index < -0.39 is 0 Å². The summed E-state index contributed by atoms with van der Waals surface area (Å²) in [4.78, 5) is 19.4. The average Bonchev–Trinajstić information content (AvgIpc) is 3.09. The molecule has 0 unspecified atom stereocenters. The molecule has 1 aromatic carbocycles. The minimum atomic E-state index is -0.337. The van der Waals surface area contributed by atoms with Crippen molar-refractivity contribution in [3.05, 3.63) is 52.5 Å². The van der Waals surface area contributed by atoms with Crippen molar-refractivity contribution in [1.29, 1.82) is 0 Å². The molecule has 4 aromatic rings. The van der Waals surface area contributed by atoms with Crippen LogP contribution in [0.4, 0.5) is 4.39 Å². The summed E-state index contributed by atoms with van der Waals surface area (Å²) in [5.74, 6) is -0.337. The van der Waals surface area contributed by atoms with Gasteiger partial charge in [-0.3, -0.25) is 9.36 Å². The van der Waals surface area contributed by atoms with Crippen molar-refractivity contribution in [2.24, 2.45) is 0 Å². The number of aromatic nitrogens is 6. The lowest BCUT2D eigenvalue weighted by atomic mass is 10.1. The highest BCUT2D eigenvalue weighted by atomic mass is 19.1. The number of aryl methyl sites for hydroxylation is 1. The molecule has 0 fully saturated rings. The first-order valence-corrected chi connectivity index (χ1v) is 9.52. The molecular formula is C20H22FN7O2. The molecule has 10 heteroatoms. The zero-order chi connectivity index (χ0) is 21.3. The highest BCUT2D eigenvalue weighted by Gasteiger charge is 2.20. The van der Waals surface area contributed by atoms with Crippen molar-refractivity contribution in [2.75, 3.05) is 27.7 Å². The quantitative estimate of drug-likeness (QED) is 0.457. The topological polar surface area (TPSA) is 90.4 Å². The summed E-state index contributed by atoms with van der Waals surface area (Å²) in [7, 11) is 5.53. The molecule has 0 radical (unpaired) electrons. The summed E-state index contributed by atoms with van der Waals surface area (Å²) in [6.07, 6.45) is 2.32. The molecule has 4 rings (SSSR count). The fraction of sp³-hybridized carbons (Fsp3) is 0.350. The minimum Gasteiger partial charge on any atom is -0.378 e. The standard InChI is InChI=1S/C20H22FN7O2/c1-26(2)9-4-10-27-12-22-19-17(20(27)29)23-24-18-16(13-5-7-14(21)8-6-13)15(11-30-3)25-28(18)19/h5-8,12H,4,9-11H2,1-3H3. The van der Waals surface area contributed by atoms with Gasteiger partial charge < -0.3 is 9.64 Å². The Morgan fingerprint density at radius 2 is 1.90 bits per heavy atom. The fourth-order valence-corrected chi connectivity index (χ4v) is 3.37. The maximum Gasteiger partial charge on any atom is 0.283 e. The molecule has 30 heavy (non-hydrogen) atoms. The number of hydrogen-bond donors (Lipinski definition) is 0. The fourth-order valence-electron chi connectivity index (χ4n) is 3.37. The number of fused-ring (bicyclic) bond motifs is 3. The van der Waals surface area contributed by atoms with Gasteiger partial charge in [-0.05, 0) is 44.8 Å². The SMILES string of the molecule is COCc1nn2c(nnc3c(=O)n(CCCN(C)C)cnc32)c1-c1ccc(F)cc1. The Morgan fingerprint density at radius 3 is 2.60 bits per heavy atom. The van der Waals surface area contributed by atoms with Crippen LogP contribution in [0.2, 0.25) is 0 Å². The summed E-state index contributed by atoms with van der Waals surface area (Å²) < 4.78 is 21.7. The summed E-state index contributed by atoms with van der Waals surface area (Å²) in [6, 6.07) is 6.03. The summed E-state index contributed by atoms with van der Waals surface area (Å²) in [5.41, 5.74) is 2.63. The van der Waals surface area contributed by atoms with Gasteiger partial charge in [0.05, 0.1) is 17.9 Å². The Labute approximate surface area is 171 Å². The Hall–Kier alpha value is -3.24. The molecule has 0 bridgehead atoms. The monoisotopic (exact) mass is 411 g/mol. The van der Waals surface area contributed by atoms with E-state index in [1.165, 1.54) is 27.5 Å². The van der Waals surface area contributed by atoms with Crippen LogP contribution in [0, 0.1) is 5.82 Å². The van der Waals surface area contributed by atoms with Gasteiger partial charge in [-0.25, -0.2) is 9.37 Å². The molecule has 0 aliphatic rings. The van der Waals surface area contributed by atoms with Gasteiger partial charge in [0.2, 0.25) is 0 Å². The van der Waals surface area contributed by atoms with E-state index >= 15 is 0 Å². The van der Waals surface area contributed by atoms with E-state index in [0.29, 0.717) is 29.1 Å². The van der Waals surface area contributed by atoms with Crippen LogP contribution < -0.4 is 5.56 Å². The normalized spacial score (nSPS) is 11.8. The van der Waals surface area contributed by atoms with E-state index in [1.54, 1.807) is 19.2 Å². The molecule has 9 nitrogen and oxygen atoms in total. The first-order valence-electron chi connectivity index (χ1n) is 9.52. The smallest absolute Gasteiger partial charge is 0.283 e. The number of halogens is 1. The van der Waals surface area contributed by atoms with Crippen LogP contribution in [0.25, 0.3) is 27.9 Å². The molecule has 0 aliphatic carbocycles. The number of hydrogen-bond acceptors (Lipinski definition) is 7. The van der Waals surface area contributed by atoms with E-state index in [4.69, 9.17) is 4.74 Å². The van der Waals surface area contributed by atoms with Crippen molar-refractivity contribution in [1.82, 2.24) is 34.3 Å². The number of nitrogens with zero attached hydrogens (tertiary/aromatic N) is 7. The van der Waals surface area contributed by atoms with Crippen molar-refractivity contribution >= 4 is 16.8 Å². The summed E-state index contributed by atoms with van der Waals surface area (Å²) >= 11 is 0. The second kappa shape index (κ2) is 8.25. The summed E-state index contributed by atoms with van der Waals surface area (Å²) in [5, 5.41) is 13.0. The van der Waals surface area contributed by atoms with Crippen LogP contribution in [0.15, 0.2) is 35.4 Å². The molecule has 3 aromatic heterocycles. The molecular weight excluding hydrogens is 389 g/mol. The third-order valence-electron chi connectivity index (χ3n) is 4.79. The van der Waals surface area contributed by atoms with Gasteiger partial charge in [-0.1, -0.05) is 12.1 Å². The average molecular weight is 411 g/mol. The largest absolute Gasteiger partial charge is 0.378 e. The number of methoxy groups -OCH3 is 1. The lowest BCUT2D eigenvalue weighted by Crippen LogP contribution is -2.25. The first-order chi connectivity index (χ1) is 14.5. The molecule has 3 heterocycles. The minimum absolute atomic E-state index is 0.145. The van der Waals surface area contributed by atoms with E-state index in [0.717, 1.165) is 18.5 Å². The molecule has 0 atom stereocenters. The molecule has 0 amide bonds. The third kappa shape index (κ3) is 3.66. The van der Waals surface area contributed by atoms with Crippen molar-refractivity contribution < 1.29 is 9.13 Å². The van der Waals surface area contributed by atoms with Gasteiger partial charge >= 0.3 is 0 Å². The first kappa shape index (κ1) is 20.0. The summed E-state index contributed by atoms with van der Waals surface area (Å²) in [6.45, 7) is 1.61. The van der Waals surface area contributed by atoms with Crippen LogP contribution in [0.5, 0.6) is 0 Å². The maximum absolute atomic E-state index is 13.4. The second-order valence-electron chi connectivity index (χ2n) is 7.27. The number of ether oxygens (including phenoxy) is 1.